The normalized spacial score (nSPS) is 20.7. The average Bonchev–Trinajstić information content (AvgIpc) is 2.28. The van der Waals surface area contributed by atoms with Crippen molar-refractivity contribution in [2.45, 2.75) is 18.9 Å². The number of likely N-dealkylation sites (N-methyl/N-ethyl adjacent to an activating group) is 1. The second-order valence-electron chi connectivity index (χ2n) is 4.67. The minimum Gasteiger partial charge on any atom is -0.381 e. The Balaban J connectivity index is 2.05. The predicted octanol–water partition coefficient (Wildman–Crippen LogP) is 2.24. The average molecular weight is 253 g/mol. The first-order valence-corrected chi connectivity index (χ1v) is 5.95. The molecule has 1 aliphatic rings. The van der Waals surface area contributed by atoms with E-state index in [1.807, 2.05) is 7.05 Å². The Hall–Kier alpha value is -1.69. The van der Waals surface area contributed by atoms with Crippen LogP contribution in [0.3, 0.4) is 0 Å². The third-order valence-corrected chi connectivity index (χ3v) is 3.14. The fourth-order valence-electron chi connectivity index (χ4n) is 2.26. The third kappa shape index (κ3) is 2.95. The number of likely N-dealkylation sites (tertiary alicyclic amines) is 1. The van der Waals surface area contributed by atoms with Crippen LogP contribution in [0.4, 0.5) is 15.8 Å². The maximum absolute atomic E-state index is 13.4. The monoisotopic (exact) mass is 253 g/mol. The fourth-order valence-corrected chi connectivity index (χ4v) is 2.26. The van der Waals surface area contributed by atoms with Crippen molar-refractivity contribution in [2.24, 2.45) is 0 Å². The van der Waals surface area contributed by atoms with E-state index in [1.54, 1.807) is 6.07 Å². The van der Waals surface area contributed by atoms with Crippen molar-refractivity contribution in [1.29, 1.82) is 0 Å². The molecule has 1 atom stereocenters. The Morgan fingerprint density at radius 3 is 2.94 bits per heavy atom. The van der Waals surface area contributed by atoms with E-state index in [0.717, 1.165) is 25.9 Å². The van der Waals surface area contributed by atoms with Crippen molar-refractivity contribution in [3.8, 4) is 0 Å². The number of piperidine rings is 1. The van der Waals surface area contributed by atoms with E-state index in [2.05, 4.69) is 10.2 Å². The van der Waals surface area contributed by atoms with Crippen molar-refractivity contribution in [1.82, 2.24) is 4.90 Å². The van der Waals surface area contributed by atoms with Crippen molar-refractivity contribution >= 4 is 11.4 Å². The van der Waals surface area contributed by atoms with Gasteiger partial charge in [-0.15, -0.1) is 0 Å². The van der Waals surface area contributed by atoms with Gasteiger partial charge in [-0.05, 0) is 32.5 Å². The van der Waals surface area contributed by atoms with Gasteiger partial charge in [-0.1, -0.05) is 0 Å². The van der Waals surface area contributed by atoms with Crippen molar-refractivity contribution in [3.63, 3.8) is 0 Å². The number of halogens is 1. The molecule has 1 saturated heterocycles. The maximum Gasteiger partial charge on any atom is 0.304 e. The molecule has 0 aliphatic carbocycles. The summed E-state index contributed by atoms with van der Waals surface area (Å²) in [5, 5.41) is 13.7. The van der Waals surface area contributed by atoms with E-state index >= 15 is 0 Å². The molecular formula is C12H16FN3O2. The minimum atomic E-state index is -0.797. The van der Waals surface area contributed by atoms with Crippen LogP contribution in [0.2, 0.25) is 0 Å². The highest BCUT2D eigenvalue weighted by atomic mass is 19.1. The molecule has 0 bridgehead atoms. The minimum absolute atomic E-state index is 0.268. The lowest BCUT2D eigenvalue weighted by atomic mass is 10.1. The highest BCUT2D eigenvalue weighted by Gasteiger charge is 2.18. The summed E-state index contributed by atoms with van der Waals surface area (Å²) in [5.74, 6) is -0.797. The van der Waals surface area contributed by atoms with Crippen LogP contribution in [0.1, 0.15) is 12.8 Å². The largest absolute Gasteiger partial charge is 0.381 e. The first-order valence-electron chi connectivity index (χ1n) is 5.95. The summed E-state index contributed by atoms with van der Waals surface area (Å²) in [6.45, 7) is 1.98. The van der Waals surface area contributed by atoms with Crippen LogP contribution in [-0.2, 0) is 0 Å². The Morgan fingerprint density at radius 1 is 1.56 bits per heavy atom. The van der Waals surface area contributed by atoms with E-state index in [4.69, 9.17) is 0 Å². The van der Waals surface area contributed by atoms with Gasteiger partial charge in [0.1, 0.15) is 0 Å². The molecule has 0 saturated carbocycles. The van der Waals surface area contributed by atoms with Crippen molar-refractivity contribution < 1.29 is 9.31 Å². The molecule has 2 rings (SSSR count). The molecular weight excluding hydrogens is 237 g/mol. The lowest BCUT2D eigenvalue weighted by molar-refractivity contribution is -0.387. The molecule has 1 fully saturated rings. The summed E-state index contributed by atoms with van der Waals surface area (Å²) >= 11 is 0. The van der Waals surface area contributed by atoms with E-state index in [1.165, 1.54) is 12.1 Å². The first-order chi connectivity index (χ1) is 8.56. The standard InChI is InChI=1S/C12H16FN3O2/c1-15-6-2-3-10(8-15)14-9-4-5-12(16(17)18)11(13)7-9/h4-5,7,10,14H,2-3,6,8H2,1H3. The summed E-state index contributed by atoms with van der Waals surface area (Å²) in [4.78, 5) is 12.0. The van der Waals surface area contributed by atoms with E-state index in [9.17, 15) is 14.5 Å². The van der Waals surface area contributed by atoms with Gasteiger partial charge in [0, 0.05) is 30.4 Å². The Kier molecular flexibility index (Phi) is 3.76. The number of nitro groups is 1. The van der Waals surface area contributed by atoms with Crippen molar-refractivity contribution in [2.75, 3.05) is 25.5 Å². The predicted molar refractivity (Wildman–Crippen MR) is 67.2 cm³/mol. The number of hydrogen-bond acceptors (Lipinski definition) is 4. The summed E-state index contributed by atoms with van der Waals surface area (Å²) in [5.41, 5.74) is 0.111. The Morgan fingerprint density at radius 2 is 2.33 bits per heavy atom. The molecule has 0 spiro atoms. The molecule has 1 aliphatic heterocycles. The summed E-state index contributed by atoms with van der Waals surface area (Å²) in [7, 11) is 2.05. The van der Waals surface area contributed by atoms with Crippen LogP contribution in [0.15, 0.2) is 18.2 Å². The van der Waals surface area contributed by atoms with E-state index < -0.39 is 16.4 Å². The van der Waals surface area contributed by atoms with Gasteiger partial charge in [0.25, 0.3) is 0 Å². The molecule has 5 nitrogen and oxygen atoms in total. The second kappa shape index (κ2) is 5.30. The lowest BCUT2D eigenvalue weighted by Crippen LogP contribution is -2.39. The second-order valence-corrected chi connectivity index (χ2v) is 4.67. The van der Waals surface area contributed by atoms with E-state index in [-0.39, 0.29) is 6.04 Å². The van der Waals surface area contributed by atoms with Gasteiger partial charge >= 0.3 is 5.69 Å². The SMILES string of the molecule is CN1CCCC(Nc2ccc([N+](=O)[O-])c(F)c2)C1. The maximum atomic E-state index is 13.4. The van der Waals surface area contributed by atoms with Gasteiger partial charge in [-0.25, -0.2) is 0 Å². The van der Waals surface area contributed by atoms with Crippen LogP contribution in [-0.4, -0.2) is 36.0 Å². The Labute approximate surface area is 105 Å². The van der Waals surface area contributed by atoms with Crippen LogP contribution < -0.4 is 5.32 Å². The molecule has 1 heterocycles. The van der Waals surface area contributed by atoms with Crippen LogP contribution in [0.25, 0.3) is 0 Å². The molecule has 1 aromatic rings. The lowest BCUT2D eigenvalue weighted by Gasteiger charge is -2.30. The van der Waals surface area contributed by atoms with Crippen LogP contribution in [0, 0.1) is 15.9 Å². The summed E-state index contributed by atoms with van der Waals surface area (Å²) in [6.07, 6.45) is 2.13. The van der Waals surface area contributed by atoms with Crippen LogP contribution in [0.5, 0.6) is 0 Å². The highest BCUT2D eigenvalue weighted by Crippen LogP contribution is 2.22. The number of nitrogens with zero attached hydrogens (tertiary/aromatic N) is 2. The number of rotatable bonds is 3. The zero-order valence-electron chi connectivity index (χ0n) is 10.2. The number of hydrogen-bond donors (Lipinski definition) is 1. The summed E-state index contributed by atoms with van der Waals surface area (Å²) < 4.78 is 13.4. The van der Waals surface area contributed by atoms with Gasteiger partial charge in [0.2, 0.25) is 5.82 Å². The molecule has 1 N–H and O–H groups in total. The van der Waals surface area contributed by atoms with Crippen molar-refractivity contribution in [3.05, 3.63) is 34.1 Å². The van der Waals surface area contributed by atoms with Crippen LogP contribution >= 0.6 is 0 Å². The molecule has 98 valence electrons. The third-order valence-electron chi connectivity index (χ3n) is 3.14. The zero-order valence-corrected chi connectivity index (χ0v) is 10.2. The number of anilines is 1. The van der Waals surface area contributed by atoms with E-state index in [0.29, 0.717) is 5.69 Å². The van der Waals surface area contributed by atoms with Gasteiger partial charge in [0.05, 0.1) is 4.92 Å². The highest BCUT2D eigenvalue weighted by molar-refractivity contribution is 5.50. The smallest absolute Gasteiger partial charge is 0.304 e. The molecule has 0 aromatic heterocycles. The molecule has 6 heteroatoms. The fraction of sp³-hybridized carbons (Fsp3) is 0.500. The van der Waals surface area contributed by atoms with Gasteiger partial charge < -0.3 is 10.2 Å². The molecule has 0 amide bonds. The number of nitro benzene ring substituents is 1. The molecule has 18 heavy (non-hydrogen) atoms. The quantitative estimate of drug-likeness (QED) is 0.663. The Bertz CT molecular complexity index is 453. The summed E-state index contributed by atoms with van der Waals surface area (Å²) in [6, 6.07) is 4.21. The molecule has 1 aromatic carbocycles. The number of nitrogens with one attached hydrogen (secondary N) is 1. The molecule has 0 radical (unpaired) electrons. The number of benzene rings is 1. The zero-order chi connectivity index (χ0) is 13.1. The topological polar surface area (TPSA) is 58.4 Å². The first kappa shape index (κ1) is 12.8. The molecule has 1 unspecified atom stereocenters. The van der Waals surface area contributed by atoms with Gasteiger partial charge in [-0.3, -0.25) is 10.1 Å². The van der Waals surface area contributed by atoms with Gasteiger partial charge in [-0.2, -0.15) is 4.39 Å². The van der Waals surface area contributed by atoms with Gasteiger partial charge in [0.15, 0.2) is 0 Å².